The third kappa shape index (κ3) is 4.36. The lowest BCUT2D eigenvalue weighted by Crippen LogP contribution is -2.05. The highest BCUT2D eigenvalue weighted by Crippen LogP contribution is 2.32. The molecule has 2 heteroatoms. The topological polar surface area (TPSA) is 17.1 Å². The second kappa shape index (κ2) is 7.81. The largest absolute Gasteiger partial charge is 0.289 e. The van der Waals surface area contributed by atoms with Crippen molar-refractivity contribution < 1.29 is 4.79 Å². The Bertz CT molecular complexity index is 717. The van der Waals surface area contributed by atoms with Gasteiger partial charge in [-0.05, 0) is 60.6 Å². The summed E-state index contributed by atoms with van der Waals surface area (Å²) in [5.41, 5.74) is 4.16. The van der Waals surface area contributed by atoms with Crippen molar-refractivity contribution in [1.29, 1.82) is 0 Å². The Hall–Kier alpha value is -1.86. The van der Waals surface area contributed by atoms with E-state index in [-0.39, 0.29) is 5.78 Å². The molecule has 24 heavy (non-hydrogen) atoms. The molecule has 0 aliphatic heterocycles. The zero-order chi connectivity index (χ0) is 16.9. The molecule has 0 N–H and O–H groups in total. The van der Waals surface area contributed by atoms with E-state index >= 15 is 0 Å². The molecule has 0 atom stereocenters. The molecule has 2 aromatic rings. The summed E-state index contributed by atoms with van der Waals surface area (Å²) in [6, 6.07) is 14.0. The Morgan fingerprint density at radius 1 is 1.04 bits per heavy atom. The molecule has 1 fully saturated rings. The van der Waals surface area contributed by atoms with E-state index in [0.717, 1.165) is 16.7 Å². The zero-order valence-electron chi connectivity index (χ0n) is 14.1. The fourth-order valence-corrected chi connectivity index (χ4v) is 3.78. The minimum Gasteiger partial charge on any atom is -0.289 e. The Balaban J connectivity index is 1.69. The summed E-state index contributed by atoms with van der Waals surface area (Å²) in [6.07, 6.45) is 10.0. The molecule has 0 radical (unpaired) electrons. The summed E-state index contributed by atoms with van der Waals surface area (Å²) >= 11 is 6.05. The molecule has 1 saturated carbocycles. The van der Waals surface area contributed by atoms with Gasteiger partial charge < -0.3 is 0 Å². The zero-order valence-corrected chi connectivity index (χ0v) is 14.9. The predicted octanol–water partition coefficient (Wildman–Crippen LogP) is 6.59. The lowest BCUT2D eigenvalue weighted by molar-refractivity contribution is 0.104. The Morgan fingerprint density at radius 2 is 1.75 bits per heavy atom. The highest BCUT2D eigenvalue weighted by atomic mass is 35.5. The van der Waals surface area contributed by atoms with Gasteiger partial charge in [0.2, 0.25) is 0 Å². The van der Waals surface area contributed by atoms with E-state index in [2.05, 4.69) is 12.1 Å². The van der Waals surface area contributed by atoms with Gasteiger partial charge in [0.15, 0.2) is 5.78 Å². The van der Waals surface area contributed by atoms with Crippen molar-refractivity contribution in [2.75, 3.05) is 0 Å². The Morgan fingerprint density at radius 3 is 2.42 bits per heavy atom. The molecule has 1 aliphatic rings. The fourth-order valence-electron chi connectivity index (χ4n) is 3.48. The maximum Gasteiger partial charge on any atom is 0.185 e. The molecule has 1 nitrogen and oxygen atoms in total. The first kappa shape index (κ1) is 17.0. The van der Waals surface area contributed by atoms with E-state index in [4.69, 9.17) is 11.6 Å². The van der Waals surface area contributed by atoms with Crippen LogP contribution in [0.2, 0.25) is 5.02 Å². The summed E-state index contributed by atoms with van der Waals surface area (Å²) in [7, 11) is 0. The number of ketones is 1. The van der Waals surface area contributed by atoms with Gasteiger partial charge >= 0.3 is 0 Å². The summed E-state index contributed by atoms with van der Waals surface area (Å²) in [5, 5.41) is 0.693. The first-order chi connectivity index (χ1) is 11.6. The van der Waals surface area contributed by atoms with Gasteiger partial charge in [-0.1, -0.05) is 67.3 Å². The Kier molecular flexibility index (Phi) is 5.52. The number of allylic oxidation sites excluding steroid dienone is 1. The van der Waals surface area contributed by atoms with Crippen molar-refractivity contribution in [2.24, 2.45) is 0 Å². The quantitative estimate of drug-likeness (QED) is 0.454. The van der Waals surface area contributed by atoms with E-state index in [0.29, 0.717) is 10.9 Å². The van der Waals surface area contributed by atoms with Crippen LogP contribution in [0, 0.1) is 6.92 Å². The van der Waals surface area contributed by atoms with Crippen LogP contribution in [-0.2, 0) is 0 Å². The van der Waals surface area contributed by atoms with Crippen molar-refractivity contribution >= 4 is 23.5 Å². The number of hydrogen-bond acceptors (Lipinski definition) is 1. The van der Waals surface area contributed by atoms with Crippen LogP contribution in [0.25, 0.3) is 6.08 Å². The molecular weight excluding hydrogens is 316 g/mol. The van der Waals surface area contributed by atoms with E-state index in [1.807, 2.05) is 43.3 Å². The van der Waals surface area contributed by atoms with Crippen LogP contribution in [0.3, 0.4) is 0 Å². The first-order valence-corrected chi connectivity index (χ1v) is 9.09. The summed E-state index contributed by atoms with van der Waals surface area (Å²) < 4.78 is 0. The number of carbonyl (C=O) groups excluding carboxylic acids is 1. The highest BCUT2D eigenvalue weighted by molar-refractivity contribution is 6.30. The SMILES string of the molecule is Cc1cc(Cl)cc(/C=C/C(=O)c2ccc(C3CCCCC3)cc2)c1. The number of rotatable bonds is 4. The lowest BCUT2D eigenvalue weighted by Gasteiger charge is -2.21. The maximum absolute atomic E-state index is 12.4. The molecule has 0 aromatic heterocycles. The standard InChI is InChI=1S/C22H23ClO/c1-16-13-17(15-21(23)14-16)7-12-22(24)20-10-8-19(9-11-20)18-5-3-2-4-6-18/h7-15,18H,2-6H2,1H3/b12-7+. The van der Waals surface area contributed by atoms with Gasteiger partial charge in [0, 0.05) is 10.6 Å². The minimum absolute atomic E-state index is 0.0304. The van der Waals surface area contributed by atoms with Crippen LogP contribution in [0.5, 0.6) is 0 Å². The van der Waals surface area contributed by atoms with Gasteiger partial charge in [-0.25, -0.2) is 0 Å². The highest BCUT2D eigenvalue weighted by Gasteiger charge is 2.15. The van der Waals surface area contributed by atoms with Crippen LogP contribution in [-0.4, -0.2) is 5.78 Å². The third-order valence-corrected chi connectivity index (χ3v) is 4.98. The summed E-state index contributed by atoms with van der Waals surface area (Å²) in [5.74, 6) is 0.704. The monoisotopic (exact) mass is 338 g/mol. The van der Waals surface area contributed by atoms with Gasteiger partial charge in [0.25, 0.3) is 0 Å². The van der Waals surface area contributed by atoms with Crippen molar-refractivity contribution in [3.63, 3.8) is 0 Å². The van der Waals surface area contributed by atoms with Crippen molar-refractivity contribution in [1.82, 2.24) is 0 Å². The van der Waals surface area contributed by atoms with Crippen molar-refractivity contribution in [3.8, 4) is 0 Å². The van der Waals surface area contributed by atoms with Crippen LogP contribution in [0.1, 0.15) is 65.1 Å². The second-order valence-corrected chi connectivity index (χ2v) is 7.15. The molecule has 0 spiro atoms. The molecule has 0 unspecified atom stereocenters. The molecular formula is C22H23ClO. The lowest BCUT2D eigenvalue weighted by atomic mass is 9.84. The third-order valence-electron chi connectivity index (χ3n) is 4.76. The van der Waals surface area contributed by atoms with E-state index in [1.165, 1.54) is 37.7 Å². The van der Waals surface area contributed by atoms with Crippen LogP contribution in [0.4, 0.5) is 0 Å². The number of halogens is 1. The number of aryl methyl sites for hydroxylation is 1. The van der Waals surface area contributed by atoms with Crippen LogP contribution in [0.15, 0.2) is 48.5 Å². The van der Waals surface area contributed by atoms with Gasteiger partial charge in [-0.3, -0.25) is 4.79 Å². The molecule has 0 amide bonds. The average molecular weight is 339 g/mol. The molecule has 0 heterocycles. The van der Waals surface area contributed by atoms with Crippen LogP contribution < -0.4 is 0 Å². The molecule has 1 aliphatic carbocycles. The second-order valence-electron chi connectivity index (χ2n) is 6.72. The smallest absolute Gasteiger partial charge is 0.185 e. The Labute approximate surface area is 149 Å². The maximum atomic E-state index is 12.4. The fraction of sp³-hybridized carbons (Fsp3) is 0.318. The molecule has 0 saturated heterocycles. The van der Waals surface area contributed by atoms with E-state index in [9.17, 15) is 4.79 Å². The van der Waals surface area contributed by atoms with Gasteiger partial charge in [-0.15, -0.1) is 0 Å². The first-order valence-electron chi connectivity index (χ1n) is 8.71. The number of hydrogen-bond donors (Lipinski definition) is 0. The van der Waals surface area contributed by atoms with Gasteiger partial charge in [0.05, 0.1) is 0 Å². The van der Waals surface area contributed by atoms with E-state index < -0.39 is 0 Å². The number of carbonyl (C=O) groups is 1. The summed E-state index contributed by atoms with van der Waals surface area (Å²) in [4.78, 5) is 12.4. The summed E-state index contributed by atoms with van der Waals surface area (Å²) in [6.45, 7) is 2.00. The molecule has 2 aromatic carbocycles. The number of benzene rings is 2. The molecule has 3 rings (SSSR count). The minimum atomic E-state index is 0.0304. The predicted molar refractivity (Wildman–Crippen MR) is 102 cm³/mol. The van der Waals surface area contributed by atoms with Crippen molar-refractivity contribution in [3.05, 3.63) is 75.8 Å². The van der Waals surface area contributed by atoms with Crippen LogP contribution >= 0.6 is 11.6 Å². The van der Waals surface area contributed by atoms with E-state index in [1.54, 1.807) is 6.08 Å². The molecule has 0 bridgehead atoms. The normalized spacial score (nSPS) is 15.8. The average Bonchev–Trinajstić information content (AvgIpc) is 2.60. The van der Waals surface area contributed by atoms with Crippen molar-refractivity contribution in [2.45, 2.75) is 44.9 Å². The molecule has 124 valence electrons. The van der Waals surface area contributed by atoms with Gasteiger partial charge in [-0.2, -0.15) is 0 Å². The van der Waals surface area contributed by atoms with Gasteiger partial charge in [0.1, 0.15) is 0 Å².